The molecule has 1 fully saturated rings. The van der Waals surface area contributed by atoms with E-state index in [0.29, 0.717) is 32.5 Å². The van der Waals surface area contributed by atoms with Crippen LogP contribution in [0.1, 0.15) is 36.5 Å². The van der Waals surface area contributed by atoms with Crippen molar-refractivity contribution in [1.29, 1.82) is 0 Å². The van der Waals surface area contributed by atoms with Crippen LogP contribution in [-0.4, -0.2) is 47.9 Å². The average Bonchev–Trinajstić information content (AvgIpc) is 2.73. The van der Waals surface area contributed by atoms with Crippen molar-refractivity contribution in [1.82, 2.24) is 14.2 Å². The Hall–Kier alpha value is -2.25. The average molecular weight is 416 g/mol. The molecule has 0 saturated carbocycles. The lowest BCUT2D eigenvalue weighted by molar-refractivity contribution is -0.138. The highest BCUT2D eigenvalue weighted by Gasteiger charge is 2.32. The smallest absolute Gasteiger partial charge is 0.227 e. The van der Waals surface area contributed by atoms with Gasteiger partial charge in [0, 0.05) is 38.6 Å². The molecule has 0 spiro atoms. The van der Waals surface area contributed by atoms with Crippen LogP contribution in [0.2, 0.25) is 0 Å². The van der Waals surface area contributed by atoms with Crippen molar-refractivity contribution in [3.05, 3.63) is 65.5 Å². The molecule has 2 aromatic rings. The monoisotopic (exact) mass is 415 g/mol. The van der Waals surface area contributed by atoms with Crippen molar-refractivity contribution in [2.24, 2.45) is 5.92 Å². The maximum atomic E-state index is 13.4. The van der Waals surface area contributed by atoms with Gasteiger partial charge in [-0.05, 0) is 42.0 Å². The minimum absolute atomic E-state index is 0.00164. The van der Waals surface area contributed by atoms with E-state index in [2.05, 4.69) is 36.2 Å². The van der Waals surface area contributed by atoms with Crippen molar-refractivity contribution in [2.45, 2.75) is 39.3 Å². The van der Waals surface area contributed by atoms with Crippen molar-refractivity contribution < 1.29 is 13.2 Å². The van der Waals surface area contributed by atoms with Crippen LogP contribution >= 0.6 is 0 Å². The summed E-state index contributed by atoms with van der Waals surface area (Å²) in [7, 11) is -3.29. The quantitative estimate of drug-likeness (QED) is 0.697. The maximum Gasteiger partial charge on any atom is 0.227 e. The Labute approximate surface area is 173 Å². The van der Waals surface area contributed by atoms with Gasteiger partial charge in [0.25, 0.3) is 0 Å². The number of nitrogens with zero attached hydrogens (tertiary/aromatic N) is 3. The van der Waals surface area contributed by atoms with Gasteiger partial charge in [0.15, 0.2) is 0 Å². The lowest BCUT2D eigenvalue weighted by Gasteiger charge is -2.34. The first-order chi connectivity index (χ1) is 13.9. The second kappa shape index (κ2) is 9.50. The predicted molar refractivity (Wildman–Crippen MR) is 113 cm³/mol. The number of aromatic nitrogens is 1. The minimum atomic E-state index is -3.29. The number of carbonyl (C=O) groups is 1. The lowest BCUT2D eigenvalue weighted by Crippen LogP contribution is -2.46. The molecule has 2 heterocycles. The first kappa shape index (κ1) is 21.5. The summed E-state index contributed by atoms with van der Waals surface area (Å²) < 4.78 is 25.3. The van der Waals surface area contributed by atoms with Crippen LogP contribution in [-0.2, 0) is 34.3 Å². The second-order valence-corrected chi connectivity index (χ2v) is 9.67. The van der Waals surface area contributed by atoms with E-state index in [1.807, 2.05) is 17.0 Å². The van der Waals surface area contributed by atoms with Crippen LogP contribution in [0.5, 0.6) is 0 Å². The van der Waals surface area contributed by atoms with Crippen molar-refractivity contribution >= 4 is 15.9 Å². The lowest BCUT2D eigenvalue weighted by atomic mass is 9.97. The molecule has 1 aliphatic heterocycles. The van der Waals surface area contributed by atoms with E-state index >= 15 is 0 Å². The number of rotatable bonds is 7. The molecule has 156 valence electrons. The highest BCUT2D eigenvalue weighted by atomic mass is 32.2. The third-order valence-electron chi connectivity index (χ3n) is 5.41. The van der Waals surface area contributed by atoms with Gasteiger partial charge < -0.3 is 4.90 Å². The number of sulfonamides is 1. The first-order valence-electron chi connectivity index (χ1n) is 10.1. The van der Waals surface area contributed by atoms with Gasteiger partial charge in [-0.1, -0.05) is 37.3 Å². The highest BCUT2D eigenvalue weighted by Crippen LogP contribution is 2.23. The number of hydrogen-bond donors (Lipinski definition) is 0. The molecule has 6 nitrogen and oxygen atoms in total. The van der Waals surface area contributed by atoms with Crippen LogP contribution in [0.25, 0.3) is 0 Å². The van der Waals surface area contributed by atoms with E-state index in [4.69, 9.17) is 0 Å². The number of carbonyl (C=O) groups excluding carboxylic acids is 1. The number of hydrogen-bond acceptors (Lipinski definition) is 4. The van der Waals surface area contributed by atoms with E-state index in [1.54, 1.807) is 12.4 Å². The zero-order valence-electron chi connectivity index (χ0n) is 17.1. The highest BCUT2D eigenvalue weighted by molar-refractivity contribution is 7.88. The Morgan fingerprint density at radius 3 is 2.45 bits per heavy atom. The van der Waals surface area contributed by atoms with Gasteiger partial charge >= 0.3 is 0 Å². The van der Waals surface area contributed by atoms with E-state index in [0.717, 1.165) is 17.5 Å². The Bertz CT molecular complexity index is 914. The molecule has 1 unspecified atom stereocenters. The summed E-state index contributed by atoms with van der Waals surface area (Å²) in [5, 5.41) is 0. The summed E-state index contributed by atoms with van der Waals surface area (Å²) in [6, 6.07) is 12.1. The molecular weight excluding hydrogens is 386 g/mol. The summed E-state index contributed by atoms with van der Waals surface area (Å²) in [5.41, 5.74) is 3.28. The third kappa shape index (κ3) is 5.87. The molecule has 1 aromatic heterocycles. The van der Waals surface area contributed by atoms with Crippen LogP contribution in [0, 0.1) is 5.92 Å². The second-order valence-electron chi connectivity index (χ2n) is 7.69. The topological polar surface area (TPSA) is 70.6 Å². The maximum absolute atomic E-state index is 13.4. The van der Waals surface area contributed by atoms with Gasteiger partial charge in [-0.3, -0.25) is 9.78 Å². The van der Waals surface area contributed by atoms with Gasteiger partial charge in [0.1, 0.15) is 0 Å². The molecule has 1 saturated heterocycles. The van der Waals surface area contributed by atoms with E-state index in [1.165, 1.54) is 16.1 Å². The molecule has 0 radical (unpaired) electrons. The summed E-state index contributed by atoms with van der Waals surface area (Å²) in [5.74, 6) is -0.313. The van der Waals surface area contributed by atoms with E-state index < -0.39 is 10.0 Å². The number of aryl methyl sites for hydroxylation is 1. The molecule has 3 rings (SSSR count). The molecule has 7 heteroatoms. The van der Waals surface area contributed by atoms with Gasteiger partial charge in [0.2, 0.25) is 15.9 Å². The Morgan fingerprint density at radius 2 is 1.83 bits per heavy atom. The largest absolute Gasteiger partial charge is 0.334 e. The minimum Gasteiger partial charge on any atom is -0.334 e. The van der Waals surface area contributed by atoms with E-state index in [9.17, 15) is 13.2 Å². The fourth-order valence-electron chi connectivity index (χ4n) is 3.73. The molecule has 1 aliphatic rings. The van der Waals surface area contributed by atoms with Gasteiger partial charge in [0.05, 0.1) is 12.2 Å². The molecule has 1 aromatic carbocycles. The fraction of sp³-hybridized carbons (Fsp3) is 0.455. The summed E-state index contributed by atoms with van der Waals surface area (Å²) in [6.45, 7) is 3.81. The van der Waals surface area contributed by atoms with Crippen LogP contribution in [0.15, 0.2) is 48.8 Å². The molecular formula is C22H29N3O3S. The number of pyridine rings is 1. The predicted octanol–water partition coefficient (Wildman–Crippen LogP) is 2.84. The van der Waals surface area contributed by atoms with Gasteiger partial charge in [-0.2, -0.15) is 0 Å². The standard InChI is InChI=1S/C22H29N3O3S/c1-3-18-8-10-19(11-9-18)15-24(16-20-6-4-12-23-14-20)22(26)21-7-5-13-25(17-21)29(2,27)28/h4,6,8-12,14,21H,3,5,7,13,15-17H2,1-2H3. The molecule has 1 atom stereocenters. The number of amides is 1. The molecule has 1 amide bonds. The summed E-state index contributed by atoms with van der Waals surface area (Å²) >= 11 is 0. The number of benzene rings is 1. The van der Waals surface area contributed by atoms with Crippen molar-refractivity contribution in [3.8, 4) is 0 Å². The zero-order valence-corrected chi connectivity index (χ0v) is 17.9. The molecule has 0 aliphatic carbocycles. The zero-order chi connectivity index (χ0) is 20.9. The Kier molecular flexibility index (Phi) is 7.03. The van der Waals surface area contributed by atoms with Crippen molar-refractivity contribution in [2.75, 3.05) is 19.3 Å². The summed E-state index contributed by atoms with van der Waals surface area (Å²) in [6.07, 6.45) is 7.08. The normalized spacial score (nSPS) is 17.8. The third-order valence-corrected chi connectivity index (χ3v) is 6.68. The summed E-state index contributed by atoms with van der Waals surface area (Å²) in [4.78, 5) is 19.4. The SMILES string of the molecule is CCc1ccc(CN(Cc2cccnc2)C(=O)C2CCCN(S(C)(=O)=O)C2)cc1. The number of piperidine rings is 1. The first-order valence-corrected chi connectivity index (χ1v) is 11.9. The Morgan fingerprint density at radius 1 is 1.14 bits per heavy atom. The van der Waals surface area contributed by atoms with Gasteiger partial charge in [-0.25, -0.2) is 12.7 Å². The van der Waals surface area contributed by atoms with Crippen LogP contribution in [0.3, 0.4) is 0 Å². The molecule has 0 N–H and O–H groups in total. The fourth-order valence-corrected chi connectivity index (χ4v) is 4.64. The molecule has 29 heavy (non-hydrogen) atoms. The van der Waals surface area contributed by atoms with E-state index in [-0.39, 0.29) is 18.4 Å². The Balaban J connectivity index is 1.80. The van der Waals surface area contributed by atoms with Gasteiger partial charge in [-0.15, -0.1) is 0 Å². The van der Waals surface area contributed by atoms with Crippen LogP contribution in [0.4, 0.5) is 0 Å². The van der Waals surface area contributed by atoms with Crippen molar-refractivity contribution in [3.63, 3.8) is 0 Å². The van der Waals surface area contributed by atoms with Crippen LogP contribution < -0.4 is 0 Å². The molecule has 0 bridgehead atoms.